The average Bonchev–Trinajstić information content (AvgIpc) is 3.18. The number of rotatable bonds is 4. The average molecular weight is 589 g/mol. The minimum absolute atomic E-state index is 0.0258. The van der Waals surface area contributed by atoms with E-state index in [9.17, 15) is 14.0 Å². The summed E-state index contributed by atoms with van der Waals surface area (Å²) in [6.45, 7) is 1.03. The van der Waals surface area contributed by atoms with E-state index in [1.807, 2.05) is 0 Å². The summed E-state index contributed by atoms with van der Waals surface area (Å²) in [7, 11) is 1.27. The molecular weight excluding hydrogens is 565 g/mol. The summed E-state index contributed by atoms with van der Waals surface area (Å²) >= 11 is 12.2. The number of morpholine rings is 1. The van der Waals surface area contributed by atoms with Crippen LogP contribution in [0.25, 0.3) is 11.1 Å². The number of fused-ring (bicyclic) bond motifs is 3. The quantitative estimate of drug-likeness (QED) is 0.344. The molecule has 0 aromatic heterocycles. The molecule has 3 aliphatic rings. The molecule has 7 nitrogen and oxygen atoms in total. The van der Waals surface area contributed by atoms with Crippen LogP contribution in [-0.4, -0.2) is 55.9 Å². The van der Waals surface area contributed by atoms with Gasteiger partial charge in [-0.2, -0.15) is 0 Å². The normalized spacial score (nSPS) is 19.7. The number of halogens is 4. The van der Waals surface area contributed by atoms with Crippen LogP contribution < -0.4 is 9.64 Å². The van der Waals surface area contributed by atoms with Crippen molar-refractivity contribution >= 4 is 40.8 Å². The molecule has 208 valence electrons. The van der Waals surface area contributed by atoms with E-state index in [0.717, 1.165) is 25.0 Å². The van der Waals surface area contributed by atoms with Gasteiger partial charge in [0, 0.05) is 16.7 Å². The number of para-hydroxylation sites is 1. The maximum Gasteiger partial charge on any atom is 0.340 e. The Hall–Kier alpha value is -3.40. The number of benzene rings is 3. The van der Waals surface area contributed by atoms with Crippen LogP contribution in [0.5, 0.6) is 5.75 Å². The maximum atomic E-state index is 15.7. The number of nitrogens with zero attached hydrogens (tertiary/aromatic N) is 2. The summed E-state index contributed by atoms with van der Waals surface area (Å²) in [5.41, 5.74) is 2.09. The fraction of sp³-hybridized carbons (Fsp3) is 0.310. The van der Waals surface area contributed by atoms with E-state index in [1.165, 1.54) is 18.1 Å². The maximum absolute atomic E-state index is 15.7. The molecule has 2 fully saturated rings. The van der Waals surface area contributed by atoms with E-state index in [1.54, 1.807) is 24.3 Å². The topological polar surface area (TPSA) is 68.3 Å². The summed E-state index contributed by atoms with van der Waals surface area (Å²) < 4.78 is 46.0. The zero-order valence-electron chi connectivity index (χ0n) is 21.4. The van der Waals surface area contributed by atoms with Crippen molar-refractivity contribution in [1.82, 2.24) is 4.90 Å². The van der Waals surface area contributed by atoms with E-state index in [4.69, 9.17) is 37.4 Å². The minimum Gasteiger partial charge on any atom is -0.472 e. The lowest BCUT2D eigenvalue weighted by Crippen LogP contribution is -2.46. The lowest BCUT2D eigenvalue weighted by atomic mass is 9.96. The van der Waals surface area contributed by atoms with Crippen molar-refractivity contribution in [3.8, 4) is 16.9 Å². The largest absolute Gasteiger partial charge is 0.472 e. The number of hydrogen-bond acceptors (Lipinski definition) is 6. The van der Waals surface area contributed by atoms with Gasteiger partial charge in [0.25, 0.3) is 5.91 Å². The van der Waals surface area contributed by atoms with Gasteiger partial charge in [0.15, 0.2) is 6.73 Å². The molecule has 2 bridgehead atoms. The highest BCUT2D eigenvalue weighted by Crippen LogP contribution is 2.43. The summed E-state index contributed by atoms with van der Waals surface area (Å²) in [6, 6.07) is 10.3. The lowest BCUT2D eigenvalue weighted by Gasteiger charge is -2.37. The molecule has 3 aromatic rings. The summed E-state index contributed by atoms with van der Waals surface area (Å²) in [4.78, 5) is 29.4. The third-order valence-corrected chi connectivity index (χ3v) is 8.23. The van der Waals surface area contributed by atoms with Crippen molar-refractivity contribution < 1.29 is 32.6 Å². The molecule has 0 spiro atoms. The second-order valence-corrected chi connectivity index (χ2v) is 10.8. The van der Waals surface area contributed by atoms with Gasteiger partial charge in [0.05, 0.1) is 65.8 Å². The Kier molecular flexibility index (Phi) is 7.06. The molecule has 3 aliphatic heterocycles. The Labute approximate surface area is 239 Å². The molecule has 1 amide bonds. The molecule has 11 heteroatoms. The van der Waals surface area contributed by atoms with Crippen molar-refractivity contribution in [2.45, 2.75) is 31.5 Å². The first-order chi connectivity index (χ1) is 19.3. The van der Waals surface area contributed by atoms with Gasteiger partial charge in [0.2, 0.25) is 0 Å². The fourth-order valence-corrected chi connectivity index (χ4v) is 6.42. The summed E-state index contributed by atoms with van der Waals surface area (Å²) in [5.74, 6) is -1.98. The Balaban J connectivity index is 1.38. The first kappa shape index (κ1) is 26.8. The highest BCUT2D eigenvalue weighted by atomic mass is 35.5. The van der Waals surface area contributed by atoms with Crippen LogP contribution in [0.3, 0.4) is 0 Å². The summed E-state index contributed by atoms with van der Waals surface area (Å²) in [5, 5.41) is -0.209. The zero-order valence-corrected chi connectivity index (χ0v) is 22.9. The molecule has 0 aliphatic carbocycles. The standard InChI is InChI=1S/C29H24Cl2F2N2O5/c1-38-29(37)21-9-24(33)20(10-25(21)35-17-5-6-18(35)13-39-12-17)19-4-2-3-15-11-34(14-40-27(15)19)28(36)26-22(30)7-16(32)8-23(26)31/h2-4,7-10,17-18H,5-6,11-14H2,1H3. The van der Waals surface area contributed by atoms with Gasteiger partial charge < -0.3 is 24.0 Å². The second-order valence-electron chi connectivity index (χ2n) is 9.99. The predicted octanol–water partition coefficient (Wildman–Crippen LogP) is 6.09. The van der Waals surface area contributed by atoms with Gasteiger partial charge in [0.1, 0.15) is 17.4 Å². The number of hydrogen-bond donors (Lipinski definition) is 0. The van der Waals surface area contributed by atoms with Gasteiger partial charge in [-0.25, -0.2) is 13.6 Å². The smallest absolute Gasteiger partial charge is 0.340 e. The molecular formula is C29H24Cl2F2N2O5. The molecule has 0 N–H and O–H groups in total. The number of amides is 1. The number of carbonyl (C=O) groups is 2. The van der Waals surface area contributed by atoms with Crippen LogP contribution in [0.1, 0.15) is 39.1 Å². The van der Waals surface area contributed by atoms with Gasteiger partial charge in [-0.3, -0.25) is 4.79 Å². The Morgan fingerprint density at radius 1 is 1.00 bits per heavy atom. The predicted molar refractivity (Wildman–Crippen MR) is 145 cm³/mol. The van der Waals surface area contributed by atoms with Crippen LogP contribution in [0.2, 0.25) is 10.0 Å². The van der Waals surface area contributed by atoms with E-state index in [2.05, 4.69) is 4.90 Å². The molecule has 0 radical (unpaired) electrons. The zero-order chi connectivity index (χ0) is 28.1. The number of carbonyl (C=O) groups excluding carboxylic acids is 2. The molecule has 2 atom stereocenters. The third-order valence-electron chi connectivity index (χ3n) is 7.63. The molecule has 0 saturated carbocycles. The SMILES string of the molecule is COC(=O)c1cc(F)c(-c2cccc3c2OCN(C(=O)c2c(Cl)cc(F)cc2Cl)C3)cc1N1C2CCC1COC2. The van der Waals surface area contributed by atoms with E-state index >= 15 is 4.39 Å². The first-order valence-electron chi connectivity index (χ1n) is 12.7. The molecule has 3 aromatic carbocycles. The number of esters is 1. The molecule has 2 unspecified atom stereocenters. The Bertz CT molecular complexity index is 1500. The van der Waals surface area contributed by atoms with E-state index < -0.39 is 23.5 Å². The van der Waals surface area contributed by atoms with Crippen molar-refractivity contribution in [2.24, 2.45) is 0 Å². The third kappa shape index (κ3) is 4.56. The molecule has 2 saturated heterocycles. The molecule has 6 rings (SSSR count). The Morgan fingerprint density at radius 3 is 2.38 bits per heavy atom. The van der Waals surface area contributed by atoms with E-state index in [-0.39, 0.29) is 52.1 Å². The minimum atomic E-state index is -0.652. The van der Waals surface area contributed by atoms with Gasteiger partial charge in [-0.05, 0) is 37.1 Å². The molecule has 40 heavy (non-hydrogen) atoms. The highest BCUT2D eigenvalue weighted by molar-refractivity contribution is 6.39. The fourth-order valence-electron chi connectivity index (χ4n) is 5.80. The lowest BCUT2D eigenvalue weighted by molar-refractivity contribution is 0.0515. The Morgan fingerprint density at radius 2 is 1.70 bits per heavy atom. The van der Waals surface area contributed by atoms with Crippen LogP contribution in [0.4, 0.5) is 14.5 Å². The van der Waals surface area contributed by atoms with Crippen molar-refractivity contribution in [3.05, 3.63) is 80.8 Å². The monoisotopic (exact) mass is 588 g/mol. The van der Waals surface area contributed by atoms with Crippen LogP contribution in [0.15, 0.2) is 42.5 Å². The first-order valence-corrected chi connectivity index (χ1v) is 13.5. The van der Waals surface area contributed by atoms with Crippen molar-refractivity contribution in [3.63, 3.8) is 0 Å². The number of ether oxygens (including phenoxy) is 3. The van der Waals surface area contributed by atoms with E-state index in [0.29, 0.717) is 35.8 Å². The van der Waals surface area contributed by atoms with Crippen molar-refractivity contribution in [2.75, 3.05) is 32.0 Å². The second kappa shape index (κ2) is 10.5. The van der Waals surface area contributed by atoms with Crippen LogP contribution in [0, 0.1) is 11.6 Å². The van der Waals surface area contributed by atoms with Gasteiger partial charge in [-0.15, -0.1) is 0 Å². The van der Waals surface area contributed by atoms with Crippen LogP contribution in [-0.2, 0) is 16.0 Å². The van der Waals surface area contributed by atoms with Crippen LogP contribution >= 0.6 is 23.2 Å². The number of anilines is 1. The summed E-state index contributed by atoms with van der Waals surface area (Å²) in [6.07, 6.45) is 1.82. The van der Waals surface area contributed by atoms with Gasteiger partial charge in [-0.1, -0.05) is 41.4 Å². The highest BCUT2D eigenvalue weighted by Gasteiger charge is 2.40. The van der Waals surface area contributed by atoms with Gasteiger partial charge >= 0.3 is 5.97 Å². The number of methoxy groups -OCH3 is 1. The molecule has 3 heterocycles. The van der Waals surface area contributed by atoms with Crippen molar-refractivity contribution in [1.29, 1.82) is 0 Å².